The van der Waals surface area contributed by atoms with Crippen LogP contribution in [0, 0.1) is 5.92 Å². The molecule has 0 radical (unpaired) electrons. The Morgan fingerprint density at radius 2 is 1.46 bits per heavy atom. The molecule has 2 aromatic carbocycles. The van der Waals surface area contributed by atoms with Gasteiger partial charge in [-0.2, -0.15) is 0 Å². The zero-order chi connectivity index (χ0) is 18.8. The molecule has 1 heteroatoms. The van der Waals surface area contributed by atoms with Crippen LogP contribution in [0.5, 0.6) is 0 Å². The van der Waals surface area contributed by atoms with Crippen LogP contribution in [0.3, 0.4) is 0 Å². The molecule has 28 heavy (non-hydrogen) atoms. The van der Waals surface area contributed by atoms with Crippen LogP contribution < -0.4 is 0 Å². The molecule has 1 saturated carbocycles. The molecule has 1 nitrogen and oxygen atoms in total. The largest absolute Gasteiger partial charge is 0.252 e. The lowest BCUT2D eigenvalue weighted by atomic mass is 9.88. The Morgan fingerprint density at radius 1 is 0.750 bits per heavy atom. The summed E-state index contributed by atoms with van der Waals surface area (Å²) < 4.78 is 0. The molecule has 3 aliphatic rings. The molecule has 138 valence electrons. The van der Waals surface area contributed by atoms with E-state index in [-0.39, 0.29) is 0 Å². The maximum absolute atomic E-state index is 5.29. The Balaban J connectivity index is 1.65. The fraction of sp³-hybridized carbons (Fsp3) is 0.222. The number of nitrogens with zero attached hydrogens (tertiary/aromatic N) is 1. The van der Waals surface area contributed by atoms with Crippen molar-refractivity contribution in [2.24, 2.45) is 10.9 Å². The van der Waals surface area contributed by atoms with Gasteiger partial charge in [0, 0.05) is 11.3 Å². The molecule has 0 spiro atoms. The second kappa shape index (κ2) is 7.59. The highest BCUT2D eigenvalue weighted by Crippen LogP contribution is 2.43. The van der Waals surface area contributed by atoms with Crippen molar-refractivity contribution < 1.29 is 0 Å². The molecule has 0 unspecified atom stereocenters. The molecule has 1 aliphatic heterocycles. The lowest BCUT2D eigenvalue weighted by molar-refractivity contribution is 0.941. The van der Waals surface area contributed by atoms with Crippen LogP contribution in [-0.4, -0.2) is 5.71 Å². The molecule has 0 aromatic heterocycles. The summed E-state index contributed by atoms with van der Waals surface area (Å²) in [7, 11) is 0. The zero-order valence-corrected chi connectivity index (χ0v) is 16.1. The number of hydrogen-bond donors (Lipinski definition) is 0. The Labute approximate surface area is 167 Å². The summed E-state index contributed by atoms with van der Waals surface area (Å²) >= 11 is 0. The number of allylic oxidation sites excluding steroid dienone is 7. The van der Waals surface area contributed by atoms with E-state index >= 15 is 0 Å². The molecule has 1 heterocycles. The molecule has 5 rings (SSSR count). The van der Waals surface area contributed by atoms with E-state index in [9.17, 15) is 0 Å². The van der Waals surface area contributed by atoms with Crippen LogP contribution in [0.4, 0.5) is 0 Å². The van der Waals surface area contributed by atoms with Crippen molar-refractivity contribution in [1.82, 2.24) is 0 Å². The normalized spacial score (nSPS) is 19.6. The minimum absolute atomic E-state index is 0.768. The van der Waals surface area contributed by atoms with Gasteiger partial charge in [-0.15, -0.1) is 0 Å². The van der Waals surface area contributed by atoms with Gasteiger partial charge in [0.25, 0.3) is 0 Å². The second-order valence-corrected chi connectivity index (χ2v) is 7.82. The van der Waals surface area contributed by atoms with Gasteiger partial charge in [0.05, 0.1) is 5.70 Å². The maximum Gasteiger partial charge on any atom is 0.0743 e. The fourth-order valence-corrected chi connectivity index (χ4v) is 4.31. The molecule has 0 atom stereocenters. The van der Waals surface area contributed by atoms with Crippen molar-refractivity contribution in [2.45, 2.75) is 32.1 Å². The third kappa shape index (κ3) is 3.45. The highest BCUT2D eigenvalue weighted by molar-refractivity contribution is 6.11. The lowest BCUT2D eigenvalue weighted by Gasteiger charge is -2.22. The quantitative estimate of drug-likeness (QED) is 0.554. The molecule has 0 bridgehead atoms. The average Bonchev–Trinajstić information content (AvgIpc) is 3.61. The second-order valence-electron chi connectivity index (χ2n) is 7.82. The molecule has 2 aromatic rings. The van der Waals surface area contributed by atoms with E-state index in [1.807, 2.05) is 0 Å². The van der Waals surface area contributed by atoms with E-state index < -0.39 is 0 Å². The first-order chi connectivity index (χ1) is 13.9. The summed E-state index contributed by atoms with van der Waals surface area (Å²) in [6.07, 6.45) is 14.8. The standard InChI is InChI=1S/C27H25N/c1-4-10-20(11-5-1)24-18-19-26(28-27(24)22-12-6-2-7-13-22)25-15-9-3-8-14-23(25)21-16-17-21/h1-13,15,21H,14,16-19H2. The van der Waals surface area contributed by atoms with E-state index in [1.54, 1.807) is 5.57 Å². The summed E-state index contributed by atoms with van der Waals surface area (Å²) in [6.45, 7) is 0. The van der Waals surface area contributed by atoms with E-state index in [0.717, 1.165) is 30.9 Å². The summed E-state index contributed by atoms with van der Waals surface area (Å²) in [5, 5.41) is 0. The van der Waals surface area contributed by atoms with Crippen LogP contribution in [-0.2, 0) is 0 Å². The van der Waals surface area contributed by atoms with Gasteiger partial charge in [0.1, 0.15) is 0 Å². The van der Waals surface area contributed by atoms with Crippen LogP contribution in [0.1, 0.15) is 43.2 Å². The van der Waals surface area contributed by atoms with Crippen molar-refractivity contribution in [3.63, 3.8) is 0 Å². The van der Waals surface area contributed by atoms with Crippen molar-refractivity contribution in [2.75, 3.05) is 0 Å². The van der Waals surface area contributed by atoms with E-state index in [1.165, 1.54) is 40.8 Å². The summed E-state index contributed by atoms with van der Waals surface area (Å²) in [4.78, 5) is 5.29. The molecule has 0 amide bonds. The minimum atomic E-state index is 0.768. The van der Waals surface area contributed by atoms with Gasteiger partial charge in [-0.3, -0.25) is 4.99 Å². The number of hydrogen-bond acceptors (Lipinski definition) is 1. The third-order valence-corrected chi connectivity index (χ3v) is 5.89. The molecule has 1 fully saturated rings. The van der Waals surface area contributed by atoms with Gasteiger partial charge >= 0.3 is 0 Å². The molecular formula is C27H25N. The Morgan fingerprint density at radius 3 is 2.18 bits per heavy atom. The first-order valence-electron chi connectivity index (χ1n) is 10.4. The first kappa shape index (κ1) is 17.2. The minimum Gasteiger partial charge on any atom is -0.252 e. The SMILES string of the molecule is C1=CCC(C2CC2)=C(C2=NC(c3ccccc3)=C(c3ccccc3)CC2)C=C1. The fourth-order valence-electron chi connectivity index (χ4n) is 4.31. The predicted molar refractivity (Wildman–Crippen MR) is 119 cm³/mol. The van der Waals surface area contributed by atoms with Crippen LogP contribution in [0.25, 0.3) is 11.3 Å². The van der Waals surface area contributed by atoms with Gasteiger partial charge in [0.15, 0.2) is 0 Å². The lowest BCUT2D eigenvalue weighted by Crippen LogP contribution is -2.11. The van der Waals surface area contributed by atoms with E-state index in [0.29, 0.717) is 0 Å². The topological polar surface area (TPSA) is 12.4 Å². The Bertz CT molecular complexity index is 1010. The van der Waals surface area contributed by atoms with Crippen molar-refractivity contribution in [1.29, 1.82) is 0 Å². The third-order valence-electron chi connectivity index (χ3n) is 5.89. The highest BCUT2D eigenvalue weighted by atomic mass is 14.8. The molecule has 2 aliphatic carbocycles. The number of rotatable bonds is 4. The van der Waals surface area contributed by atoms with Crippen LogP contribution in [0.2, 0.25) is 0 Å². The van der Waals surface area contributed by atoms with Crippen molar-refractivity contribution in [3.05, 3.63) is 107 Å². The molecule has 0 saturated heterocycles. The monoisotopic (exact) mass is 363 g/mol. The molecule has 0 N–H and O–H groups in total. The van der Waals surface area contributed by atoms with Crippen molar-refractivity contribution in [3.8, 4) is 0 Å². The van der Waals surface area contributed by atoms with Crippen LogP contribution in [0.15, 0.2) is 101 Å². The molecular weight excluding hydrogens is 338 g/mol. The van der Waals surface area contributed by atoms with Crippen molar-refractivity contribution >= 4 is 17.0 Å². The van der Waals surface area contributed by atoms with E-state index in [4.69, 9.17) is 4.99 Å². The highest BCUT2D eigenvalue weighted by Gasteiger charge is 2.29. The van der Waals surface area contributed by atoms with Gasteiger partial charge in [-0.1, -0.05) is 90.5 Å². The number of benzene rings is 2. The van der Waals surface area contributed by atoms with Gasteiger partial charge in [-0.25, -0.2) is 0 Å². The summed E-state index contributed by atoms with van der Waals surface area (Å²) in [6, 6.07) is 21.4. The number of aliphatic imine (C=N–C) groups is 1. The first-order valence-corrected chi connectivity index (χ1v) is 10.4. The average molecular weight is 364 g/mol. The van der Waals surface area contributed by atoms with Gasteiger partial charge < -0.3 is 0 Å². The van der Waals surface area contributed by atoms with E-state index in [2.05, 4.69) is 85.0 Å². The zero-order valence-electron chi connectivity index (χ0n) is 16.1. The van der Waals surface area contributed by atoms with Crippen LogP contribution >= 0.6 is 0 Å². The predicted octanol–water partition coefficient (Wildman–Crippen LogP) is 7.01. The Kier molecular flexibility index (Phi) is 4.66. The summed E-state index contributed by atoms with van der Waals surface area (Å²) in [5.74, 6) is 0.768. The maximum atomic E-state index is 5.29. The van der Waals surface area contributed by atoms with Gasteiger partial charge in [-0.05, 0) is 54.7 Å². The summed E-state index contributed by atoms with van der Waals surface area (Å²) in [5.41, 5.74) is 9.26. The smallest absolute Gasteiger partial charge is 0.0743 e. The van der Waals surface area contributed by atoms with Gasteiger partial charge in [0.2, 0.25) is 0 Å². The Hall–Kier alpha value is -2.93.